The monoisotopic (exact) mass is 444 g/mol. The second kappa shape index (κ2) is 9.16. The molecule has 32 heavy (non-hydrogen) atoms. The van der Waals surface area contributed by atoms with Gasteiger partial charge in [-0.3, -0.25) is 4.90 Å². The highest BCUT2D eigenvalue weighted by Crippen LogP contribution is 2.32. The van der Waals surface area contributed by atoms with Crippen molar-refractivity contribution < 1.29 is 23.0 Å². The number of nitrogens with zero attached hydrogens (tertiary/aromatic N) is 2. The summed E-state index contributed by atoms with van der Waals surface area (Å²) in [5.74, 6) is -0.622. The predicted octanol–water partition coefficient (Wildman–Crippen LogP) is 4.76. The van der Waals surface area contributed by atoms with Crippen LogP contribution >= 0.6 is 0 Å². The summed E-state index contributed by atoms with van der Waals surface area (Å²) in [6.07, 6.45) is 0.293. The molecule has 2 aliphatic heterocycles. The van der Waals surface area contributed by atoms with Gasteiger partial charge in [0.05, 0.1) is 6.61 Å². The molecule has 5 nitrogen and oxygen atoms in total. The fourth-order valence-electron chi connectivity index (χ4n) is 4.52. The van der Waals surface area contributed by atoms with E-state index < -0.39 is 11.7 Å². The SMILES string of the molecule is CC(C)(C)OC(=O)N1C[C@@H]2C[C@H]1CN2CCOC(c1ccc(F)cc1)c1ccc(F)cc1. The fourth-order valence-corrected chi connectivity index (χ4v) is 4.52. The van der Waals surface area contributed by atoms with Gasteiger partial charge in [0.25, 0.3) is 0 Å². The number of fused-ring (bicyclic) bond motifs is 2. The van der Waals surface area contributed by atoms with Gasteiger partial charge in [-0.05, 0) is 62.6 Å². The molecule has 0 spiro atoms. The summed E-state index contributed by atoms with van der Waals surface area (Å²) >= 11 is 0. The molecule has 172 valence electrons. The van der Waals surface area contributed by atoms with E-state index in [-0.39, 0.29) is 23.8 Å². The number of piperazine rings is 1. The van der Waals surface area contributed by atoms with Gasteiger partial charge < -0.3 is 14.4 Å². The molecule has 0 saturated carbocycles. The molecule has 7 heteroatoms. The normalized spacial score (nSPS) is 20.9. The smallest absolute Gasteiger partial charge is 0.410 e. The maximum Gasteiger partial charge on any atom is 0.410 e. The fraction of sp³-hybridized carbons (Fsp3) is 0.480. The zero-order valence-electron chi connectivity index (χ0n) is 18.8. The van der Waals surface area contributed by atoms with E-state index in [1.54, 1.807) is 24.3 Å². The van der Waals surface area contributed by atoms with E-state index in [2.05, 4.69) is 4.90 Å². The molecule has 0 aliphatic carbocycles. The number of likely N-dealkylation sites (tertiary alicyclic amines) is 2. The minimum atomic E-state index is -0.498. The second-order valence-corrected chi connectivity index (χ2v) is 9.52. The van der Waals surface area contributed by atoms with E-state index in [0.29, 0.717) is 19.2 Å². The Morgan fingerprint density at radius 1 is 0.969 bits per heavy atom. The molecule has 1 amide bonds. The Bertz CT molecular complexity index is 882. The van der Waals surface area contributed by atoms with Crippen molar-refractivity contribution in [2.24, 2.45) is 0 Å². The molecule has 0 aromatic heterocycles. The van der Waals surface area contributed by atoms with Crippen LogP contribution in [0.15, 0.2) is 48.5 Å². The number of ether oxygens (including phenoxy) is 2. The summed E-state index contributed by atoms with van der Waals surface area (Å²) in [7, 11) is 0. The highest BCUT2D eigenvalue weighted by Gasteiger charge is 2.46. The summed E-state index contributed by atoms with van der Waals surface area (Å²) in [5.41, 5.74) is 1.14. The summed E-state index contributed by atoms with van der Waals surface area (Å²) in [6, 6.07) is 12.9. The van der Waals surface area contributed by atoms with Crippen LogP contribution in [0.3, 0.4) is 0 Å². The third-order valence-electron chi connectivity index (χ3n) is 5.99. The lowest BCUT2D eigenvalue weighted by Gasteiger charge is -2.35. The highest BCUT2D eigenvalue weighted by atomic mass is 19.1. The number of carbonyl (C=O) groups excluding carboxylic acids is 1. The van der Waals surface area contributed by atoms with Crippen LogP contribution in [-0.4, -0.2) is 59.8 Å². The van der Waals surface area contributed by atoms with Gasteiger partial charge in [-0.25, -0.2) is 13.6 Å². The van der Waals surface area contributed by atoms with Gasteiger partial charge in [0.2, 0.25) is 0 Å². The van der Waals surface area contributed by atoms with Crippen molar-refractivity contribution in [3.8, 4) is 0 Å². The Kier molecular flexibility index (Phi) is 6.49. The Labute approximate surface area is 187 Å². The maximum absolute atomic E-state index is 13.4. The summed E-state index contributed by atoms with van der Waals surface area (Å²) in [4.78, 5) is 16.6. The lowest BCUT2D eigenvalue weighted by molar-refractivity contribution is 0.00763. The average Bonchev–Trinajstić information content (AvgIpc) is 3.32. The molecule has 2 bridgehead atoms. The van der Waals surface area contributed by atoms with Crippen LogP contribution in [0.1, 0.15) is 44.4 Å². The third-order valence-corrected chi connectivity index (χ3v) is 5.99. The molecule has 2 aromatic rings. The van der Waals surface area contributed by atoms with Gasteiger partial charge >= 0.3 is 6.09 Å². The molecular weight excluding hydrogens is 414 g/mol. The Morgan fingerprint density at radius 3 is 2.00 bits per heavy atom. The minimum absolute atomic E-state index is 0.167. The van der Waals surface area contributed by atoms with Crippen molar-refractivity contribution >= 4 is 6.09 Å². The van der Waals surface area contributed by atoms with Gasteiger partial charge in [0, 0.05) is 31.7 Å². The van der Waals surface area contributed by atoms with E-state index in [9.17, 15) is 13.6 Å². The summed E-state index contributed by atoms with van der Waals surface area (Å²) in [5, 5.41) is 0. The molecule has 0 unspecified atom stereocenters. The molecule has 2 saturated heterocycles. The third kappa shape index (κ3) is 5.27. The van der Waals surface area contributed by atoms with Crippen molar-refractivity contribution in [2.45, 2.75) is 51.0 Å². The van der Waals surface area contributed by atoms with Crippen LogP contribution in [0.4, 0.5) is 13.6 Å². The highest BCUT2D eigenvalue weighted by molar-refractivity contribution is 5.69. The maximum atomic E-state index is 13.4. The average molecular weight is 445 g/mol. The van der Waals surface area contributed by atoms with Crippen molar-refractivity contribution in [2.75, 3.05) is 26.2 Å². The number of rotatable bonds is 6. The van der Waals surface area contributed by atoms with E-state index in [4.69, 9.17) is 9.47 Å². The minimum Gasteiger partial charge on any atom is -0.444 e. The van der Waals surface area contributed by atoms with Crippen LogP contribution < -0.4 is 0 Å². The molecule has 2 atom stereocenters. The summed E-state index contributed by atoms with van der Waals surface area (Å²) < 4.78 is 38.5. The zero-order valence-corrected chi connectivity index (χ0v) is 18.8. The van der Waals surface area contributed by atoms with Crippen LogP contribution in [-0.2, 0) is 9.47 Å². The van der Waals surface area contributed by atoms with E-state index in [1.165, 1.54) is 24.3 Å². The number of amides is 1. The van der Waals surface area contributed by atoms with Crippen LogP contribution in [0.25, 0.3) is 0 Å². The second-order valence-electron chi connectivity index (χ2n) is 9.52. The first kappa shape index (κ1) is 22.7. The number of hydrogen-bond donors (Lipinski definition) is 0. The van der Waals surface area contributed by atoms with Crippen molar-refractivity contribution in [1.29, 1.82) is 0 Å². The van der Waals surface area contributed by atoms with Gasteiger partial charge in [0.1, 0.15) is 23.3 Å². The molecule has 2 aliphatic rings. The predicted molar refractivity (Wildman–Crippen MR) is 117 cm³/mol. The largest absolute Gasteiger partial charge is 0.444 e. The molecular formula is C25H30F2N2O3. The Morgan fingerprint density at radius 2 is 1.53 bits per heavy atom. The molecule has 0 N–H and O–H groups in total. The number of carbonyl (C=O) groups is 1. The van der Waals surface area contributed by atoms with E-state index in [0.717, 1.165) is 30.6 Å². The van der Waals surface area contributed by atoms with Crippen LogP contribution in [0.5, 0.6) is 0 Å². The number of halogens is 2. The van der Waals surface area contributed by atoms with Crippen LogP contribution in [0, 0.1) is 11.6 Å². The Hall–Kier alpha value is -2.51. The van der Waals surface area contributed by atoms with Crippen molar-refractivity contribution in [3.05, 3.63) is 71.3 Å². The standard InChI is InChI=1S/C25H30F2N2O3/c1-25(2,3)32-24(30)29-16-21-14-22(29)15-28(21)12-13-31-23(17-4-8-19(26)9-5-17)18-6-10-20(27)11-7-18/h4-11,21-23H,12-16H2,1-3H3/t21-,22-/m0/s1. The first-order valence-electron chi connectivity index (χ1n) is 11.1. The van der Waals surface area contributed by atoms with Gasteiger partial charge in [-0.2, -0.15) is 0 Å². The van der Waals surface area contributed by atoms with Gasteiger partial charge in [-0.15, -0.1) is 0 Å². The molecule has 4 rings (SSSR count). The lowest BCUT2D eigenvalue weighted by Crippen LogP contribution is -2.50. The number of hydrogen-bond acceptors (Lipinski definition) is 4. The number of benzene rings is 2. The van der Waals surface area contributed by atoms with Gasteiger partial charge in [-0.1, -0.05) is 24.3 Å². The van der Waals surface area contributed by atoms with Crippen LogP contribution in [0.2, 0.25) is 0 Å². The molecule has 2 aromatic carbocycles. The van der Waals surface area contributed by atoms with E-state index in [1.807, 2.05) is 25.7 Å². The van der Waals surface area contributed by atoms with E-state index >= 15 is 0 Å². The van der Waals surface area contributed by atoms with Crippen molar-refractivity contribution in [3.63, 3.8) is 0 Å². The van der Waals surface area contributed by atoms with Gasteiger partial charge in [0.15, 0.2) is 0 Å². The zero-order chi connectivity index (χ0) is 22.9. The molecule has 2 fully saturated rings. The Balaban J connectivity index is 1.35. The molecule has 0 radical (unpaired) electrons. The first-order valence-corrected chi connectivity index (χ1v) is 11.1. The first-order chi connectivity index (χ1) is 15.2. The topological polar surface area (TPSA) is 42.0 Å². The van der Waals surface area contributed by atoms with Crippen molar-refractivity contribution in [1.82, 2.24) is 9.80 Å². The summed E-state index contributed by atoms with van der Waals surface area (Å²) in [6.45, 7) is 8.28. The molecule has 2 heterocycles. The quantitative estimate of drug-likeness (QED) is 0.644. The lowest BCUT2D eigenvalue weighted by atomic mass is 10.0.